The molecule has 0 atom stereocenters. The topological polar surface area (TPSA) is 63.1 Å². The van der Waals surface area contributed by atoms with Gasteiger partial charge in [-0.25, -0.2) is 0 Å². The number of nitrogens with one attached hydrogen (secondary N) is 1. The average molecular weight is 265 g/mol. The molecule has 0 spiro atoms. The van der Waals surface area contributed by atoms with Crippen molar-refractivity contribution in [2.45, 2.75) is 13.5 Å². The smallest absolute Gasteiger partial charge is 0.195 e. The van der Waals surface area contributed by atoms with E-state index in [0.717, 1.165) is 11.1 Å². The van der Waals surface area contributed by atoms with E-state index in [2.05, 4.69) is 10.2 Å². The summed E-state index contributed by atoms with van der Waals surface area (Å²) in [4.78, 5) is 0. The predicted molar refractivity (Wildman–Crippen MR) is 71.1 cm³/mol. The second-order valence-electron chi connectivity index (χ2n) is 3.95. The molecular weight excluding hydrogens is 250 g/mol. The van der Waals surface area contributed by atoms with Crippen LogP contribution in [0.25, 0.3) is 11.4 Å². The van der Waals surface area contributed by atoms with E-state index in [4.69, 9.17) is 17.0 Å². The molecule has 0 unspecified atom stereocenters. The number of phenols is 1. The largest absolute Gasteiger partial charge is 0.508 e. The van der Waals surface area contributed by atoms with Crippen LogP contribution < -0.4 is 0 Å². The van der Waals surface area contributed by atoms with Crippen molar-refractivity contribution in [1.82, 2.24) is 14.8 Å². The third kappa shape index (κ3) is 2.30. The number of benzene rings is 1. The molecule has 1 heterocycles. The highest BCUT2D eigenvalue weighted by Crippen LogP contribution is 2.27. The van der Waals surface area contributed by atoms with Crippen LogP contribution in [0, 0.1) is 11.7 Å². The van der Waals surface area contributed by atoms with Crippen LogP contribution in [0.2, 0.25) is 0 Å². The molecule has 2 N–H and O–H groups in total. The molecule has 0 radical (unpaired) electrons. The molecule has 1 aromatic heterocycles. The number of methoxy groups -OCH3 is 1. The molecule has 96 valence electrons. The summed E-state index contributed by atoms with van der Waals surface area (Å²) in [5.41, 5.74) is 1.64. The maximum atomic E-state index is 9.74. The highest BCUT2D eigenvalue weighted by molar-refractivity contribution is 7.71. The Morgan fingerprint density at radius 2 is 2.28 bits per heavy atom. The number of aromatic amines is 1. The van der Waals surface area contributed by atoms with Gasteiger partial charge in [-0.2, -0.15) is 5.10 Å². The van der Waals surface area contributed by atoms with Gasteiger partial charge in [0.15, 0.2) is 10.6 Å². The quantitative estimate of drug-likeness (QED) is 0.832. The summed E-state index contributed by atoms with van der Waals surface area (Å²) in [6.07, 6.45) is 0. The molecular formula is C12H15N3O2S. The number of ether oxygens (including phenoxy) is 1. The lowest BCUT2D eigenvalue weighted by Gasteiger charge is -2.09. The molecule has 5 nitrogen and oxygen atoms in total. The molecule has 2 rings (SSSR count). The summed E-state index contributed by atoms with van der Waals surface area (Å²) >= 11 is 5.19. The Bertz CT molecular complexity index is 604. The van der Waals surface area contributed by atoms with Crippen molar-refractivity contribution in [2.24, 2.45) is 0 Å². The first-order valence-electron chi connectivity index (χ1n) is 5.58. The van der Waals surface area contributed by atoms with E-state index in [0.29, 0.717) is 23.7 Å². The minimum atomic E-state index is 0.250. The van der Waals surface area contributed by atoms with Crippen LogP contribution in [0.15, 0.2) is 18.2 Å². The van der Waals surface area contributed by atoms with E-state index in [9.17, 15) is 5.11 Å². The molecule has 1 aromatic carbocycles. The fraction of sp³-hybridized carbons (Fsp3) is 0.333. The van der Waals surface area contributed by atoms with Gasteiger partial charge < -0.3 is 9.84 Å². The molecule has 0 fully saturated rings. The first-order valence-corrected chi connectivity index (χ1v) is 5.99. The second kappa shape index (κ2) is 5.32. The van der Waals surface area contributed by atoms with Crippen LogP contribution in [-0.2, 0) is 11.3 Å². The lowest BCUT2D eigenvalue weighted by molar-refractivity contribution is 0.187. The highest BCUT2D eigenvalue weighted by Gasteiger charge is 2.12. The van der Waals surface area contributed by atoms with Crippen LogP contribution in [0.1, 0.15) is 5.56 Å². The molecule has 18 heavy (non-hydrogen) atoms. The third-order valence-electron chi connectivity index (χ3n) is 2.82. The highest BCUT2D eigenvalue weighted by atomic mass is 32.1. The molecule has 0 saturated carbocycles. The van der Waals surface area contributed by atoms with E-state index in [1.54, 1.807) is 19.2 Å². The molecule has 0 amide bonds. The number of aromatic hydroxyl groups is 1. The molecule has 0 saturated heterocycles. The Morgan fingerprint density at radius 3 is 3.00 bits per heavy atom. The van der Waals surface area contributed by atoms with Gasteiger partial charge in [0, 0.05) is 18.2 Å². The molecule has 0 aliphatic rings. The van der Waals surface area contributed by atoms with Gasteiger partial charge in [-0.15, -0.1) is 0 Å². The van der Waals surface area contributed by atoms with Crippen LogP contribution in [0.5, 0.6) is 5.75 Å². The maximum Gasteiger partial charge on any atom is 0.195 e. The van der Waals surface area contributed by atoms with Gasteiger partial charge in [0.05, 0.1) is 13.2 Å². The molecule has 0 bridgehead atoms. The van der Waals surface area contributed by atoms with Gasteiger partial charge in [-0.3, -0.25) is 9.67 Å². The van der Waals surface area contributed by atoms with Gasteiger partial charge in [0.25, 0.3) is 0 Å². The van der Waals surface area contributed by atoms with Crippen molar-refractivity contribution in [1.29, 1.82) is 0 Å². The Hall–Kier alpha value is -1.66. The van der Waals surface area contributed by atoms with Crippen LogP contribution >= 0.6 is 12.2 Å². The monoisotopic (exact) mass is 265 g/mol. The van der Waals surface area contributed by atoms with E-state index >= 15 is 0 Å². The van der Waals surface area contributed by atoms with Crippen molar-refractivity contribution in [2.75, 3.05) is 13.7 Å². The SMILES string of the molecule is COCCn1c(-c2cccc(O)c2C)n[nH]c1=S. The lowest BCUT2D eigenvalue weighted by atomic mass is 10.1. The van der Waals surface area contributed by atoms with E-state index in [-0.39, 0.29) is 5.75 Å². The van der Waals surface area contributed by atoms with Gasteiger partial charge in [0.2, 0.25) is 0 Å². The van der Waals surface area contributed by atoms with Gasteiger partial charge in [-0.1, -0.05) is 12.1 Å². The molecule has 0 aliphatic carbocycles. The maximum absolute atomic E-state index is 9.74. The van der Waals surface area contributed by atoms with Gasteiger partial charge >= 0.3 is 0 Å². The summed E-state index contributed by atoms with van der Waals surface area (Å²) in [6, 6.07) is 5.35. The van der Waals surface area contributed by atoms with E-state index in [1.807, 2.05) is 17.6 Å². The Labute approximate surface area is 110 Å². The Morgan fingerprint density at radius 1 is 1.50 bits per heavy atom. The van der Waals surface area contributed by atoms with Crippen LogP contribution in [0.4, 0.5) is 0 Å². The zero-order valence-corrected chi connectivity index (χ0v) is 11.1. The minimum absolute atomic E-state index is 0.250. The van der Waals surface area contributed by atoms with Crippen molar-refractivity contribution in [3.63, 3.8) is 0 Å². The Balaban J connectivity index is 2.51. The van der Waals surface area contributed by atoms with Crippen molar-refractivity contribution in [3.05, 3.63) is 28.5 Å². The predicted octanol–water partition coefficient (Wildman–Crippen LogP) is 2.27. The van der Waals surface area contributed by atoms with Gasteiger partial charge in [0.1, 0.15) is 5.75 Å². The number of hydrogen-bond acceptors (Lipinski definition) is 4. The van der Waals surface area contributed by atoms with Crippen LogP contribution in [0.3, 0.4) is 0 Å². The number of phenolic OH excluding ortho intramolecular Hbond substituents is 1. The lowest BCUT2D eigenvalue weighted by Crippen LogP contribution is -2.06. The van der Waals surface area contributed by atoms with E-state index in [1.165, 1.54) is 0 Å². The number of rotatable bonds is 4. The number of H-pyrrole nitrogens is 1. The molecule has 0 aliphatic heterocycles. The number of hydrogen-bond donors (Lipinski definition) is 2. The van der Waals surface area contributed by atoms with Gasteiger partial charge in [-0.05, 0) is 25.2 Å². The zero-order valence-electron chi connectivity index (χ0n) is 10.3. The zero-order chi connectivity index (χ0) is 13.1. The normalized spacial score (nSPS) is 10.8. The Kier molecular flexibility index (Phi) is 3.78. The minimum Gasteiger partial charge on any atom is -0.508 e. The van der Waals surface area contributed by atoms with Crippen LogP contribution in [-0.4, -0.2) is 33.6 Å². The van der Waals surface area contributed by atoms with E-state index < -0.39 is 0 Å². The fourth-order valence-corrected chi connectivity index (χ4v) is 2.00. The van der Waals surface area contributed by atoms with Crippen molar-refractivity contribution in [3.8, 4) is 17.1 Å². The number of aromatic nitrogens is 3. The first-order chi connectivity index (χ1) is 8.65. The van der Waals surface area contributed by atoms with Crippen molar-refractivity contribution < 1.29 is 9.84 Å². The molecule has 6 heteroatoms. The second-order valence-corrected chi connectivity index (χ2v) is 4.33. The third-order valence-corrected chi connectivity index (χ3v) is 3.14. The summed E-state index contributed by atoms with van der Waals surface area (Å²) in [7, 11) is 1.64. The summed E-state index contributed by atoms with van der Waals surface area (Å²) in [5, 5.41) is 16.7. The summed E-state index contributed by atoms with van der Waals surface area (Å²) < 4.78 is 7.46. The summed E-state index contributed by atoms with van der Waals surface area (Å²) in [6.45, 7) is 3.03. The number of nitrogens with zero attached hydrogens (tertiary/aromatic N) is 2. The standard InChI is InChI=1S/C12H15N3O2S/c1-8-9(4-3-5-10(8)16)11-13-14-12(18)15(11)6-7-17-2/h3-5,16H,6-7H2,1-2H3,(H,14,18). The fourth-order valence-electron chi connectivity index (χ4n) is 1.78. The first kappa shape index (κ1) is 12.8. The van der Waals surface area contributed by atoms with Crippen molar-refractivity contribution >= 4 is 12.2 Å². The molecule has 2 aromatic rings. The summed E-state index contributed by atoms with van der Waals surface area (Å²) in [5.74, 6) is 0.963. The average Bonchev–Trinajstić information content (AvgIpc) is 2.72.